The lowest BCUT2D eigenvalue weighted by Gasteiger charge is -2.35. The Balaban J connectivity index is 1.01. The lowest BCUT2D eigenvalue weighted by atomic mass is 9.95. The number of esters is 1. The van der Waals surface area contributed by atoms with Crippen LogP contribution in [0.5, 0.6) is 0 Å². The predicted molar refractivity (Wildman–Crippen MR) is 179 cm³/mol. The molecule has 0 spiro atoms. The van der Waals surface area contributed by atoms with Gasteiger partial charge in [0.15, 0.2) is 11.5 Å². The molecule has 1 amide bonds. The Morgan fingerprint density at radius 1 is 1.00 bits per heavy atom. The monoisotopic (exact) mass is 653 g/mol. The van der Waals surface area contributed by atoms with Crippen molar-refractivity contribution >= 4 is 34.8 Å². The second-order valence-electron chi connectivity index (χ2n) is 12.1. The number of H-pyrrole nitrogens is 1. The van der Waals surface area contributed by atoms with E-state index in [4.69, 9.17) is 9.72 Å². The summed E-state index contributed by atoms with van der Waals surface area (Å²) in [4.78, 5) is 45.0. The number of anilines is 2. The lowest BCUT2D eigenvalue weighted by Crippen LogP contribution is -2.49. The average Bonchev–Trinajstić information content (AvgIpc) is 3.77. The summed E-state index contributed by atoms with van der Waals surface area (Å²) < 4.78 is 6.78. The van der Waals surface area contributed by atoms with Crippen molar-refractivity contribution < 1.29 is 14.3 Å². The highest BCUT2D eigenvalue weighted by Crippen LogP contribution is 2.22. The smallest absolute Gasteiger partial charge is 0.319 e. The molecule has 1 saturated carbocycles. The Hall–Kier alpha value is -3.89. The van der Waals surface area contributed by atoms with E-state index in [-0.39, 0.29) is 18.4 Å². The number of aryl methyl sites for hydroxylation is 1. The largest absolute Gasteiger partial charge is 0.465 e. The van der Waals surface area contributed by atoms with E-state index in [2.05, 4.69) is 51.4 Å². The maximum atomic E-state index is 12.7. The number of nitrogens with zero attached hydrogens (tertiary/aromatic N) is 8. The highest BCUT2D eigenvalue weighted by molar-refractivity contribution is 5.83. The second-order valence-corrected chi connectivity index (χ2v) is 12.1. The molecule has 0 radical (unpaired) electrons. The van der Waals surface area contributed by atoms with Crippen LogP contribution < -0.4 is 26.2 Å². The van der Waals surface area contributed by atoms with Gasteiger partial charge in [-0.2, -0.15) is 9.97 Å². The van der Waals surface area contributed by atoms with Crippen molar-refractivity contribution in [1.82, 2.24) is 55.8 Å². The van der Waals surface area contributed by atoms with E-state index in [0.717, 1.165) is 50.8 Å². The minimum atomic E-state index is -0.315. The molecule has 3 aromatic heterocycles. The number of carbonyl (C=O) groups excluding carboxylic acids is 2. The average molecular weight is 654 g/mol. The van der Waals surface area contributed by atoms with Crippen molar-refractivity contribution in [3.63, 3.8) is 0 Å². The molecule has 5 rings (SSSR count). The van der Waals surface area contributed by atoms with Gasteiger partial charge in [0.1, 0.15) is 11.2 Å². The van der Waals surface area contributed by atoms with Crippen molar-refractivity contribution in [2.24, 2.45) is 0 Å². The maximum Gasteiger partial charge on any atom is 0.319 e. The third-order valence-electron chi connectivity index (χ3n) is 8.60. The van der Waals surface area contributed by atoms with Gasteiger partial charge in [0.05, 0.1) is 32.2 Å². The molecule has 16 nitrogen and oxygen atoms in total. The van der Waals surface area contributed by atoms with Crippen molar-refractivity contribution in [2.45, 2.75) is 77.4 Å². The van der Waals surface area contributed by atoms with Gasteiger partial charge in [0.25, 0.3) is 0 Å². The molecule has 0 bridgehead atoms. The van der Waals surface area contributed by atoms with Gasteiger partial charge in [-0.1, -0.05) is 24.5 Å². The van der Waals surface area contributed by atoms with Gasteiger partial charge in [-0.3, -0.25) is 14.3 Å². The molecule has 16 heteroatoms. The van der Waals surface area contributed by atoms with Crippen molar-refractivity contribution in [1.29, 1.82) is 0 Å². The summed E-state index contributed by atoms with van der Waals surface area (Å²) in [5.41, 5.74) is 2.12. The topological polar surface area (TPSA) is 183 Å². The van der Waals surface area contributed by atoms with Crippen LogP contribution in [0.4, 0.5) is 11.8 Å². The fraction of sp³-hybridized carbons (Fsp3) is 0.710. The van der Waals surface area contributed by atoms with Crippen molar-refractivity contribution in [2.75, 3.05) is 75.7 Å². The van der Waals surface area contributed by atoms with Crippen LogP contribution in [0.25, 0.3) is 11.2 Å². The van der Waals surface area contributed by atoms with Crippen LogP contribution in [0, 0.1) is 0 Å². The number of piperazine rings is 1. The van der Waals surface area contributed by atoms with E-state index in [1.54, 1.807) is 13.3 Å². The molecular formula is C31H51N13O3. The standard InChI is InChI=1S/C31H51N13O3/c1-2-47-27(46)21-33-14-10-26(45)42-16-18-43(19-17-42)31-38-29(28-30(39-31)37-23-36-28)35-20-25-22-44(41-40-25)15-7-12-32-11-6-13-34-24-8-4-3-5-9-24/h22-24,32-34H,2-21H2,1H3,(H2,35,36,37,38,39). The Kier molecular flexibility index (Phi) is 13.5. The highest BCUT2D eigenvalue weighted by atomic mass is 16.5. The van der Waals surface area contributed by atoms with E-state index in [1.807, 2.05) is 15.8 Å². The number of rotatable bonds is 19. The van der Waals surface area contributed by atoms with Crippen LogP contribution in [-0.2, 0) is 27.4 Å². The molecule has 0 atom stereocenters. The van der Waals surface area contributed by atoms with Crippen LogP contribution in [-0.4, -0.2) is 123 Å². The van der Waals surface area contributed by atoms with E-state index in [0.29, 0.717) is 75.2 Å². The van der Waals surface area contributed by atoms with Crippen molar-refractivity contribution in [3.8, 4) is 0 Å². The van der Waals surface area contributed by atoms with Crippen molar-refractivity contribution in [3.05, 3.63) is 18.2 Å². The SMILES string of the molecule is CCOC(=O)CNCCC(=O)N1CCN(c2nc(NCc3cn(CCCNCCCNC4CCCCC4)nn3)c3nc[nH]c3n2)CC1. The fourth-order valence-electron chi connectivity index (χ4n) is 6.02. The van der Waals surface area contributed by atoms with Gasteiger partial charge < -0.3 is 40.8 Å². The maximum absolute atomic E-state index is 12.7. The van der Waals surface area contributed by atoms with Gasteiger partial charge >= 0.3 is 5.97 Å². The van der Waals surface area contributed by atoms with Gasteiger partial charge in [-0.15, -0.1) is 5.10 Å². The normalized spacial score (nSPS) is 15.8. The highest BCUT2D eigenvalue weighted by Gasteiger charge is 2.24. The molecule has 0 unspecified atom stereocenters. The number of fused-ring (bicyclic) bond motifs is 1. The number of aromatic amines is 1. The Labute approximate surface area is 276 Å². The predicted octanol–water partition coefficient (Wildman–Crippen LogP) is 1.04. The number of amides is 1. The second kappa shape index (κ2) is 18.4. The van der Waals surface area contributed by atoms with E-state index < -0.39 is 0 Å². The van der Waals surface area contributed by atoms with E-state index in [1.165, 1.54) is 32.1 Å². The summed E-state index contributed by atoms with van der Waals surface area (Å²) in [7, 11) is 0. The third-order valence-corrected chi connectivity index (χ3v) is 8.60. The first-order valence-electron chi connectivity index (χ1n) is 17.3. The first-order chi connectivity index (χ1) is 23.1. The quantitative estimate of drug-likeness (QED) is 0.0915. The molecule has 1 aliphatic carbocycles. The first kappa shape index (κ1) is 34.4. The number of imidazole rings is 1. The molecule has 258 valence electrons. The number of ether oxygens (including phenoxy) is 1. The zero-order valence-electron chi connectivity index (χ0n) is 27.7. The molecule has 1 aliphatic heterocycles. The molecule has 1 saturated heterocycles. The summed E-state index contributed by atoms with van der Waals surface area (Å²) >= 11 is 0. The van der Waals surface area contributed by atoms with Gasteiger partial charge in [0, 0.05) is 51.7 Å². The lowest BCUT2D eigenvalue weighted by molar-refractivity contribution is -0.142. The van der Waals surface area contributed by atoms with E-state index in [9.17, 15) is 9.59 Å². The summed E-state index contributed by atoms with van der Waals surface area (Å²) in [5, 5.41) is 22.2. The van der Waals surface area contributed by atoms with Crippen LogP contribution in [0.15, 0.2) is 12.5 Å². The molecule has 4 heterocycles. The molecule has 3 aromatic rings. The van der Waals surface area contributed by atoms with Crippen LogP contribution in [0.3, 0.4) is 0 Å². The van der Waals surface area contributed by atoms with Gasteiger partial charge in [-0.05, 0) is 52.2 Å². The fourth-order valence-corrected chi connectivity index (χ4v) is 6.02. The summed E-state index contributed by atoms with van der Waals surface area (Å²) in [6.45, 7) is 9.34. The zero-order valence-corrected chi connectivity index (χ0v) is 27.7. The Bertz CT molecular complexity index is 1380. The zero-order chi connectivity index (χ0) is 32.7. The molecule has 0 aromatic carbocycles. The molecule has 2 fully saturated rings. The Morgan fingerprint density at radius 3 is 2.66 bits per heavy atom. The summed E-state index contributed by atoms with van der Waals surface area (Å²) in [6, 6.07) is 0.729. The number of hydrogen-bond acceptors (Lipinski definition) is 13. The minimum Gasteiger partial charge on any atom is -0.465 e. The number of hydrogen-bond donors (Lipinski definition) is 5. The van der Waals surface area contributed by atoms with Gasteiger partial charge in [0.2, 0.25) is 11.9 Å². The number of carbonyl (C=O) groups is 2. The van der Waals surface area contributed by atoms with Crippen LogP contribution in [0.2, 0.25) is 0 Å². The Morgan fingerprint density at radius 2 is 1.83 bits per heavy atom. The number of nitrogens with one attached hydrogen (secondary N) is 5. The summed E-state index contributed by atoms with van der Waals surface area (Å²) in [6.07, 6.45) is 12.8. The van der Waals surface area contributed by atoms with Crippen LogP contribution in [0.1, 0.15) is 64.0 Å². The molecule has 2 aliphatic rings. The third kappa shape index (κ3) is 10.8. The minimum absolute atomic E-state index is 0.0511. The number of aromatic nitrogens is 7. The van der Waals surface area contributed by atoms with Gasteiger partial charge in [-0.25, -0.2) is 4.98 Å². The molecule has 5 N–H and O–H groups in total. The van der Waals surface area contributed by atoms with E-state index >= 15 is 0 Å². The molecule has 47 heavy (non-hydrogen) atoms. The first-order valence-corrected chi connectivity index (χ1v) is 17.3. The van der Waals surface area contributed by atoms with Crippen LogP contribution >= 0.6 is 0 Å². The molecular weight excluding hydrogens is 602 g/mol. The summed E-state index contributed by atoms with van der Waals surface area (Å²) in [5.74, 6) is 0.933.